The standard InChI is InChI=1S/C9H9N3O2S2/c1-6(9(13)14)15-16-8-4-2-7(3-5-8)11-12-10/h2-6H,1H3,(H,13,14). The summed E-state index contributed by atoms with van der Waals surface area (Å²) in [5, 5.41) is 11.7. The Balaban J connectivity index is 2.55. The lowest BCUT2D eigenvalue weighted by Gasteiger charge is -2.04. The molecular formula is C9H9N3O2S2. The molecule has 0 saturated carbocycles. The fourth-order valence-corrected chi connectivity index (χ4v) is 2.72. The summed E-state index contributed by atoms with van der Waals surface area (Å²) in [6.45, 7) is 1.63. The van der Waals surface area contributed by atoms with E-state index >= 15 is 0 Å². The molecule has 1 rings (SSSR count). The van der Waals surface area contributed by atoms with Gasteiger partial charge in [-0.1, -0.05) is 38.8 Å². The summed E-state index contributed by atoms with van der Waals surface area (Å²) in [5.74, 6) is -0.830. The van der Waals surface area contributed by atoms with E-state index in [1.807, 2.05) is 0 Å². The lowest BCUT2D eigenvalue weighted by Crippen LogP contribution is -2.09. The van der Waals surface area contributed by atoms with Crippen LogP contribution in [0.15, 0.2) is 34.3 Å². The lowest BCUT2D eigenvalue weighted by atomic mass is 10.3. The normalized spacial score (nSPS) is 11.6. The maximum absolute atomic E-state index is 10.6. The van der Waals surface area contributed by atoms with Crippen molar-refractivity contribution in [1.29, 1.82) is 0 Å². The molecule has 0 aliphatic carbocycles. The van der Waals surface area contributed by atoms with Crippen LogP contribution in [0.25, 0.3) is 10.4 Å². The molecule has 84 valence electrons. The van der Waals surface area contributed by atoms with Gasteiger partial charge in [0, 0.05) is 15.5 Å². The van der Waals surface area contributed by atoms with Gasteiger partial charge in [-0.3, -0.25) is 4.79 Å². The highest BCUT2D eigenvalue weighted by molar-refractivity contribution is 8.77. The van der Waals surface area contributed by atoms with Crippen molar-refractivity contribution in [2.24, 2.45) is 5.11 Å². The first kappa shape index (κ1) is 12.8. The Morgan fingerprint density at radius 2 is 2.12 bits per heavy atom. The topological polar surface area (TPSA) is 86.1 Å². The smallest absolute Gasteiger partial charge is 0.317 e. The molecule has 0 fully saturated rings. The zero-order valence-corrected chi connectivity index (χ0v) is 10.0. The average molecular weight is 255 g/mol. The lowest BCUT2D eigenvalue weighted by molar-refractivity contribution is -0.136. The second-order valence-electron chi connectivity index (χ2n) is 2.84. The fourth-order valence-electron chi connectivity index (χ4n) is 0.789. The highest BCUT2D eigenvalue weighted by Gasteiger charge is 2.11. The summed E-state index contributed by atoms with van der Waals surface area (Å²) in [5.41, 5.74) is 8.75. The van der Waals surface area contributed by atoms with E-state index in [2.05, 4.69) is 10.0 Å². The third-order valence-electron chi connectivity index (χ3n) is 1.63. The van der Waals surface area contributed by atoms with E-state index < -0.39 is 11.2 Å². The molecule has 0 amide bonds. The number of hydrogen-bond acceptors (Lipinski definition) is 4. The van der Waals surface area contributed by atoms with Crippen LogP contribution in [0.2, 0.25) is 0 Å². The van der Waals surface area contributed by atoms with Gasteiger partial charge < -0.3 is 5.11 Å². The van der Waals surface area contributed by atoms with Crippen molar-refractivity contribution in [2.75, 3.05) is 0 Å². The minimum atomic E-state index is -0.830. The summed E-state index contributed by atoms with van der Waals surface area (Å²) < 4.78 is 0. The van der Waals surface area contributed by atoms with Gasteiger partial charge in [-0.05, 0) is 24.6 Å². The molecule has 0 bridgehead atoms. The molecule has 1 atom stereocenters. The summed E-state index contributed by atoms with van der Waals surface area (Å²) in [6.07, 6.45) is 0. The van der Waals surface area contributed by atoms with Crippen molar-refractivity contribution in [2.45, 2.75) is 17.1 Å². The number of carbonyl (C=O) groups is 1. The van der Waals surface area contributed by atoms with Gasteiger partial charge in [0.2, 0.25) is 0 Å². The van der Waals surface area contributed by atoms with Crippen molar-refractivity contribution in [3.8, 4) is 0 Å². The third kappa shape index (κ3) is 4.06. The maximum Gasteiger partial charge on any atom is 0.317 e. The van der Waals surface area contributed by atoms with Crippen molar-refractivity contribution < 1.29 is 9.90 Å². The zero-order valence-electron chi connectivity index (χ0n) is 8.40. The van der Waals surface area contributed by atoms with Gasteiger partial charge >= 0.3 is 5.97 Å². The molecule has 0 aliphatic rings. The maximum atomic E-state index is 10.6. The second-order valence-corrected chi connectivity index (χ2v) is 5.46. The molecule has 0 heterocycles. The molecule has 0 radical (unpaired) electrons. The summed E-state index contributed by atoms with van der Waals surface area (Å²) in [4.78, 5) is 14.2. The molecule has 1 N–H and O–H groups in total. The molecule has 7 heteroatoms. The molecule has 1 unspecified atom stereocenters. The molecule has 1 aromatic rings. The van der Waals surface area contributed by atoms with Crippen LogP contribution in [0.5, 0.6) is 0 Å². The van der Waals surface area contributed by atoms with Crippen molar-refractivity contribution in [3.63, 3.8) is 0 Å². The van der Waals surface area contributed by atoms with Crippen molar-refractivity contribution in [1.82, 2.24) is 0 Å². The van der Waals surface area contributed by atoms with Crippen LogP contribution in [0.3, 0.4) is 0 Å². The Hall–Kier alpha value is -1.30. The monoisotopic (exact) mass is 255 g/mol. The van der Waals surface area contributed by atoms with Gasteiger partial charge in [-0.25, -0.2) is 0 Å². The Morgan fingerprint density at radius 3 is 2.62 bits per heavy atom. The van der Waals surface area contributed by atoms with E-state index in [0.717, 1.165) is 4.90 Å². The van der Waals surface area contributed by atoms with Gasteiger partial charge in [0.25, 0.3) is 0 Å². The number of rotatable bonds is 5. The van der Waals surface area contributed by atoms with Gasteiger partial charge in [-0.15, -0.1) is 0 Å². The molecule has 0 spiro atoms. The van der Waals surface area contributed by atoms with E-state index in [-0.39, 0.29) is 0 Å². The zero-order chi connectivity index (χ0) is 12.0. The van der Waals surface area contributed by atoms with E-state index in [9.17, 15) is 4.79 Å². The molecular weight excluding hydrogens is 246 g/mol. The predicted octanol–water partition coefficient (Wildman–Crippen LogP) is 3.84. The number of hydrogen-bond donors (Lipinski definition) is 1. The first-order chi connectivity index (χ1) is 7.63. The van der Waals surface area contributed by atoms with Crippen LogP contribution in [-0.4, -0.2) is 16.3 Å². The number of aliphatic carboxylic acids is 1. The number of carboxylic acids is 1. The van der Waals surface area contributed by atoms with Crippen molar-refractivity contribution in [3.05, 3.63) is 34.7 Å². The third-order valence-corrected chi connectivity index (χ3v) is 4.42. The Bertz CT molecular complexity index is 415. The minimum absolute atomic E-state index is 0.457. The molecule has 1 aromatic carbocycles. The number of nitrogens with zero attached hydrogens (tertiary/aromatic N) is 3. The average Bonchev–Trinajstić information content (AvgIpc) is 2.28. The Kier molecular flexibility index (Phi) is 5.04. The second kappa shape index (κ2) is 6.32. The Morgan fingerprint density at radius 1 is 1.50 bits per heavy atom. The van der Waals surface area contributed by atoms with Gasteiger partial charge in [-0.2, -0.15) is 0 Å². The summed E-state index contributed by atoms with van der Waals surface area (Å²) in [6, 6.07) is 6.95. The van der Waals surface area contributed by atoms with Gasteiger partial charge in [0.1, 0.15) is 5.25 Å². The van der Waals surface area contributed by atoms with Crippen LogP contribution in [-0.2, 0) is 4.79 Å². The first-order valence-corrected chi connectivity index (χ1v) is 6.56. The van der Waals surface area contributed by atoms with Gasteiger partial charge in [0.05, 0.1) is 0 Å². The summed E-state index contributed by atoms with van der Waals surface area (Å²) in [7, 11) is 2.66. The van der Waals surface area contributed by atoms with Crippen molar-refractivity contribution >= 4 is 33.2 Å². The van der Waals surface area contributed by atoms with Gasteiger partial charge in [0.15, 0.2) is 0 Å². The highest BCUT2D eigenvalue weighted by atomic mass is 33.1. The molecule has 16 heavy (non-hydrogen) atoms. The highest BCUT2D eigenvalue weighted by Crippen LogP contribution is 2.35. The van der Waals surface area contributed by atoms with Crippen LogP contribution in [0, 0.1) is 0 Å². The minimum Gasteiger partial charge on any atom is -0.480 e. The molecule has 0 saturated heterocycles. The number of benzene rings is 1. The van der Waals surface area contributed by atoms with Crippen LogP contribution in [0.1, 0.15) is 6.92 Å². The van der Waals surface area contributed by atoms with E-state index in [4.69, 9.17) is 10.6 Å². The van der Waals surface area contributed by atoms with E-state index in [1.54, 1.807) is 31.2 Å². The number of carboxylic acid groups (broad SMARTS) is 1. The molecule has 5 nitrogen and oxygen atoms in total. The Labute approximate surface area is 100 Å². The SMILES string of the molecule is CC(SSc1ccc(N=[N+]=[N-])cc1)C(=O)O. The van der Waals surface area contributed by atoms with Crippen LogP contribution in [0.4, 0.5) is 5.69 Å². The predicted molar refractivity (Wildman–Crippen MR) is 65.8 cm³/mol. The van der Waals surface area contributed by atoms with Crippen LogP contribution >= 0.6 is 21.6 Å². The fraction of sp³-hybridized carbons (Fsp3) is 0.222. The first-order valence-electron chi connectivity index (χ1n) is 4.35. The molecule has 0 aliphatic heterocycles. The number of azide groups is 1. The summed E-state index contributed by atoms with van der Waals surface area (Å²) >= 11 is 0. The quantitative estimate of drug-likeness (QED) is 0.375. The van der Waals surface area contributed by atoms with E-state index in [1.165, 1.54) is 21.6 Å². The largest absolute Gasteiger partial charge is 0.480 e. The molecule has 0 aromatic heterocycles. The van der Waals surface area contributed by atoms with E-state index in [0.29, 0.717) is 5.69 Å². The van der Waals surface area contributed by atoms with Crippen LogP contribution < -0.4 is 0 Å².